The summed E-state index contributed by atoms with van der Waals surface area (Å²) in [6.45, 7) is 11.5. The fourth-order valence-corrected chi connectivity index (χ4v) is 3.47. The summed E-state index contributed by atoms with van der Waals surface area (Å²) in [4.78, 5) is 22.6. The molecule has 2 atom stereocenters. The number of ketones is 2. The third kappa shape index (κ3) is 10.5. The molecule has 0 fully saturated rings. The van der Waals surface area contributed by atoms with Gasteiger partial charge in [0.1, 0.15) is 0 Å². The molecule has 0 aromatic carbocycles. The first-order valence-electron chi connectivity index (χ1n) is 10.9. The number of carbonyl (C=O) groups excluding carboxylic acids is 2. The van der Waals surface area contributed by atoms with Crippen LogP contribution in [0.25, 0.3) is 0 Å². The molecule has 0 heterocycles. The van der Waals surface area contributed by atoms with Crippen LogP contribution in [0.5, 0.6) is 0 Å². The summed E-state index contributed by atoms with van der Waals surface area (Å²) in [5.74, 6) is 3.84. The van der Waals surface area contributed by atoms with Crippen molar-refractivity contribution < 1.29 is 14.3 Å². The Morgan fingerprint density at radius 3 is 2.19 bits per heavy atom. The first kappa shape index (κ1) is 23.7. The molecule has 2 unspecified atom stereocenters. The molecule has 0 bridgehead atoms. The zero-order valence-corrected chi connectivity index (χ0v) is 18.1. The third-order valence-electron chi connectivity index (χ3n) is 5.30. The van der Waals surface area contributed by atoms with E-state index in [-0.39, 0.29) is 11.7 Å². The molecule has 0 radical (unpaired) electrons. The van der Waals surface area contributed by atoms with Crippen molar-refractivity contribution in [2.75, 3.05) is 6.61 Å². The lowest BCUT2D eigenvalue weighted by atomic mass is 9.86. The van der Waals surface area contributed by atoms with E-state index < -0.39 is 0 Å². The van der Waals surface area contributed by atoms with Crippen LogP contribution in [0.1, 0.15) is 86.0 Å². The van der Waals surface area contributed by atoms with Crippen LogP contribution in [0.2, 0.25) is 0 Å². The fraction of sp³-hybridized carbons (Fsp3) is 0.750. The van der Waals surface area contributed by atoms with Gasteiger partial charge in [-0.1, -0.05) is 46.6 Å². The van der Waals surface area contributed by atoms with Gasteiger partial charge in [-0.3, -0.25) is 9.59 Å². The molecule has 0 aliphatic heterocycles. The maximum absolute atomic E-state index is 11.7. The summed E-state index contributed by atoms with van der Waals surface area (Å²) in [6, 6.07) is 0. The Balaban J connectivity index is 0.000000277. The quantitative estimate of drug-likeness (QED) is 0.500. The number of hydrogen-bond donors (Lipinski definition) is 0. The van der Waals surface area contributed by atoms with Crippen molar-refractivity contribution in [3.63, 3.8) is 0 Å². The van der Waals surface area contributed by atoms with Gasteiger partial charge in [-0.15, -0.1) is 0 Å². The van der Waals surface area contributed by atoms with Crippen LogP contribution in [0.15, 0.2) is 24.0 Å². The lowest BCUT2D eigenvalue weighted by Crippen LogP contribution is -2.18. The maximum Gasteiger partial charge on any atom is 0.162 e. The van der Waals surface area contributed by atoms with Crippen LogP contribution in [-0.4, -0.2) is 18.2 Å². The van der Waals surface area contributed by atoms with Crippen molar-refractivity contribution in [3.05, 3.63) is 24.0 Å². The summed E-state index contributed by atoms with van der Waals surface area (Å²) in [5, 5.41) is 0. The van der Waals surface area contributed by atoms with Crippen molar-refractivity contribution in [1.29, 1.82) is 0 Å². The van der Waals surface area contributed by atoms with Crippen LogP contribution in [-0.2, 0) is 14.3 Å². The third-order valence-corrected chi connectivity index (χ3v) is 5.30. The van der Waals surface area contributed by atoms with Crippen molar-refractivity contribution in [2.45, 2.75) is 86.0 Å². The minimum absolute atomic E-state index is 0.247. The normalized spacial score (nSPS) is 22.6. The summed E-state index contributed by atoms with van der Waals surface area (Å²) in [6.07, 6.45) is 14.0. The predicted molar refractivity (Wildman–Crippen MR) is 112 cm³/mol. The van der Waals surface area contributed by atoms with Crippen LogP contribution in [0.3, 0.4) is 0 Å². The van der Waals surface area contributed by atoms with Crippen molar-refractivity contribution in [2.24, 2.45) is 23.7 Å². The van der Waals surface area contributed by atoms with E-state index in [1.807, 2.05) is 6.92 Å². The minimum atomic E-state index is 0.247. The fourth-order valence-electron chi connectivity index (χ4n) is 3.47. The van der Waals surface area contributed by atoms with Gasteiger partial charge in [0, 0.05) is 24.8 Å². The number of hydrogen-bond acceptors (Lipinski definition) is 3. The summed E-state index contributed by atoms with van der Waals surface area (Å²) in [5.41, 5.74) is 0. The predicted octanol–water partition coefficient (Wildman–Crippen LogP) is 6.28. The standard InChI is InChI=1S/C13H22O2.C11H18O/c1-4-15-12-8-7-11(13(14)9-12)6-5-10(2)3;1-9(2)3-4-10-5-7-11(12)8-6-10/h9-11H,4-8H2,1-3H3;5,7,9-10H,3-4,6,8H2,1-2H3. The Bertz CT molecular complexity index is 514. The zero-order valence-electron chi connectivity index (χ0n) is 18.1. The molecule has 3 heteroatoms. The second-order valence-corrected chi connectivity index (χ2v) is 8.75. The molecule has 0 amide bonds. The van der Waals surface area contributed by atoms with Gasteiger partial charge in [-0.25, -0.2) is 0 Å². The van der Waals surface area contributed by atoms with E-state index in [0.717, 1.165) is 50.2 Å². The van der Waals surface area contributed by atoms with E-state index in [2.05, 4.69) is 33.8 Å². The lowest BCUT2D eigenvalue weighted by Gasteiger charge is -2.21. The number of rotatable bonds is 8. The SMILES string of the molecule is CC(C)CCC1C=CC(=O)CC1.CCOC1=CC(=O)C(CCC(C)C)CC1. The molecular weight excluding hydrogens is 336 g/mol. The van der Waals surface area contributed by atoms with Gasteiger partial charge in [0.05, 0.1) is 12.4 Å². The van der Waals surface area contributed by atoms with E-state index in [1.165, 1.54) is 12.8 Å². The molecule has 2 aliphatic carbocycles. The Kier molecular flexibility index (Phi) is 11.3. The topological polar surface area (TPSA) is 43.4 Å². The van der Waals surface area contributed by atoms with E-state index in [0.29, 0.717) is 24.2 Å². The highest BCUT2D eigenvalue weighted by Crippen LogP contribution is 2.26. The van der Waals surface area contributed by atoms with E-state index >= 15 is 0 Å². The van der Waals surface area contributed by atoms with Gasteiger partial charge >= 0.3 is 0 Å². The average molecular weight is 377 g/mol. The van der Waals surface area contributed by atoms with E-state index in [4.69, 9.17) is 4.74 Å². The molecule has 0 spiro atoms. The second-order valence-electron chi connectivity index (χ2n) is 8.75. The highest BCUT2D eigenvalue weighted by Gasteiger charge is 2.22. The van der Waals surface area contributed by atoms with Crippen molar-refractivity contribution in [1.82, 2.24) is 0 Å². The van der Waals surface area contributed by atoms with Gasteiger partial charge < -0.3 is 4.74 Å². The van der Waals surface area contributed by atoms with Crippen molar-refractivity contribution >= 4 is 11.6 Å². The molecular formula is C24H40O3. The van der Waals surface area contributed by atoms with Gasteiger partial charge in [0.25, 0.3) is 0 Å². The van der Waals surface area contributed by atoms with Gasteiger partial charge in [0.2, 0.25) is 0 Å². The molecule has 0 saturated carbocycles. The minimum Gasteiger partial charge on any atom is -0.498 e. The van der Waals surface area contributed by atoms with E-state index in [1.54, 1.807) is 12.2 Å². The summed E-state index contributed by atoms with van der Waals surface area (Å²) in [7, 11) is 0. The lowest BCUT2D eigenvalue weighted by molar-refractivity contribution is -0.119. The van der Waals surface area contributed by atoms with Crippen LogP contribution in [0, 0.1) is 23.7 Å². The van der Waals surface area contributed by atoms with Gasteiger partial charge in [-0.2, -0.15) is 0 Å². The number of ether oxygens (including phenoxy) is 1. The second kappa shape index (κ2) is 12.9. The van der Waals surface area contributed by atoms with Crippen LogP contribution in [0.4, 0.5) is 0 Å². The Hall–Kier alpha value is -1.38. The molecule has 154 valence electrons. The molecule has 3 nitrogen and oxygen atoms in total. The average Bonchev–Trinajstić information content (AvgIpc) is 2.61. The largest absolute Gasteiger partial charge is 0.498 e. The van der Waals surface area contributed by atoms with Crippen LogP contribution < -0.4 is 0 Å². The first-order valence-corrected chi connectivity index (χ1v) is 10.9. The van der Waals surface area contributed by atoms with Crippen molar-refractivity contribution in [3.8, 4) is 0 Å². The van der Waals surface area contributed by atoms with Crippen LogP contribution >= 0.6 is 0 Å². The summed E-state index contributed by atoms with van der Waals surface area (Å²) >= 11 is 0. The highest BCUT2D eigenvalue weighted by molar-refractivity contribution is 5.93. The Labute approximate surface area is 166 Å². The maximum atomic E-state index is 11.7. The molecule has 27 heavy (non-hydrogen) atoms. The Morgan fingerprint density at radius 1 is 1.00 bits per heavy atom. The Morgan fingerprint density at radius 2 is 1.67 bits per heavy atom. The van der Waals surface area contributed by atoms with Gasteiger partial charge in [0.15, 0.2) is 11.6 Å². The molecule has 0 saturated heterocycles. The highest BCUT2D eigenvalue weighted by atomic mass is 16.5. The molecule has 2 aliphatic rings. The number of allylic oxidation sites excluding steroid dienone is 4. The smallest absolute Gasteiger partial charge is 0.162 e. The first-order chi connectivity index (χ1) is 12.8. The number of carbonyl (C=O) groups is 2. The monoisotopic (exact) mass is 376 g/mol. The zero-order chi connectivity index (χ0) is 20.2. The molecule has 2 rings (SSSR count). The summed E-state index contributed by atoms with van der Waals surface area (Å²) < 4.78 is 5.37. The van der Waals surface area contributed by atoms with E-state index in [9.17, 15) is 9.59 Å². The molecule has 0 aromatic rings. The van der Waals surface area contributed by atoms with Gasteiger partial charge in [-0.05, 0) is 56.4 Å². The molecule has 0 aromatic heterocycles. The molecule has 0 N–H and O–H groups in total.